The van der Waals surface area contributed by atoms with Crippen LogP contribution in [0.5, 0.6) is 0 Å². The van der Waals surface area contributed by atoms with Crippen LogP contribution in [0.25, 0.3) is 0 Å². The van der Waals surface area contributed by atoms with E-state index in [4.69, 9.17) is 0 Å². The molecule has 0 aliphatic heterocycles. The molecule has 0 unspecified atom stereocenters. The van der Waals surface area contributed by atoms with E-state index in [-0.39, 0.29) is 5.82 Å². The summed E-state index contributed by atoms with van der Waals surface area (Å²) in [6, 6.07) is 5.20. The molecule has 2 rings (SSSR count). The number of hydrogen-bond donors (Lipinski definition) is 1. The van der Waals surface area contributed by atoms with Crippen molar-refractivity contribution >= 4 is 15.9 Å². The molecule has 1 aromatic carbocycles. The highest BCUT2D eigenvalue weighted by Crippen LogP contribution is 2.33. The Hall–Kier alpha value is -0.450. The zero-order valence-corrected chi connectivity index (χ0v) is 13.3. The Morgan fingerprint density at radius 1 is 1.32 bits per heavy atom. The van der Waals surface area contributed by atoms with Crippen LogP contribution in [0.15, 0.2) is 22.7 Å². The van der Waals surface area contributed by atoms with Gasteiger partial charge < -0.3 is 10.2 Å². The molecule has 0 amide bonds. The minimum absolute atomic E-state index is 0.204. The van der Waals surface area contributed by atoms with Crippen LogP contribution in [-0.2, 0) is 6.54 Å². The third-order valence-corrected chi connectivity index (χ3v) is 4.86. The number of hydrogen-bond acceptors (Lipinski definition) is 2. The summed E-state index contributed by atoms with van der Waals surface area (Å²) in [6.07, 6.45) is 5.17. The van der Waals surface area contributed by atoms with Crippen LogP contribution in [0.3, 0.4) is 0 Å². The topological polar surface area (TPSA) is 15.3 Å². The van der Waals surface area contributed by atoms with Crippen molar-refractivity contribution in [2.45, 2.75) is 37.8 Å². The summed E-state index contributed by atoms with van der Waals surface area (Å²) in [5.74, 6) is -0.204. The molecule has 1 N–H and O–H groups in total. The third kappa shape index (κ3) is 3.56. The Labute approximate surface area is 123 Å². The van der Waals surface area contributed by atoms with Crippen LogP contribution in [-0.4, -0.2) is 31.1 Å². The Morgan fingerprint density at radius 3 is 2.58 bits per heavy atom. The number of likely N-dealkylation sites (N-methyl/N-ethyl adjacent to an activating group) is 1. The maximum atomic E-state index is 13.2. The van der Waals surface area contributed by atoms with E-state index in [1.54, 1.807) is 0 Å². The Morgan fingerprint density at radius 2 is 2.00 bits per heavy atom. The van der Waals surface area contributed by atoms with Gasteiger partial charge in [-0.3, -0.25) is 0 Å². The van der Waals surface area contributed by atoms with Gasteiger partial charge in [0.15, 0.2) is 0 Å². The molecule has 0 radical (unpaired) electrons. The summed E-state index contributed by atoms with van der Waals surface area (Å²) in [7, 11) is 4.34. The molecule has 2 nitrogen and oxygen atoms in total. The number of nitrogens with one attached hydrogen (secondary N) is 1. The third-order valence-electron chi connectivity index (χ3n) is 4.25. The van der Waals surface area contributed by atoms with Crippen molar-refractivity contribution in [3.8, 4) is 0 Å². The summed E-state index contributed by atoms with van der Waals surface area (Å²) < 4.78 is 13.7. The lowest BCUT2D eigenvalue weighted by molar-refractivity contribution is 0.153. The van der Waals surface area contributed by atoms with Gasteiger partial charge in [-0.1, -0.05) is 18.9 Å². The maximum Gasteiger partial charge on any atom is 0.137 e. The van der Waals surface area contributed by atoms with Crippen LogP contribution in [0.4, 0.5) is 4.39 Å². The standard InChI is InChI=1S/C15H22BrFN2/c1-19(2)15(7-3-4-8-15)11-18-10-12-5-6-14(17)13(16)9-12/h5-6,9,18H,3-4,7-8,10-11H2,1-2H3. The summed E-state index contributed by atoms with van der Waals surface area (Å²) >= 11 is 3.23. The highest BCUT2D eigenvalue weighted by atomic mass is 79.9. The second-order valence-electron chi connectivity index (χ2n) is 5.68. The van der Waals surface area contributed by atoms with E-state index in [1.807, 2.05) is 12.1 Å². The molecule has 0 heterocycles. The Balaban J connectivity index is 1.90. The van der Waals surface area contributed by atoms with E-state index in [0.717, 1.165) is 18.7 Å². The van der Waals surface area contributed by atoms with E-state index in [2.05, 4.69) is 40.2 Å². The molecule has 1 aliphatic rings. The summed E-state index contributed by atoms with van der Waals surface area (Å²) in [6.45, 7) is 1.78. The summed E-state index contributed by atoms with van der Waals surface area (Å²) in [5.41, 5.74) is 1.41. The van der Waals surface area contributed by atoms with Crippen LogP contribution < -0.4 is 5.32 Å². The summed E-state index contributed by atoms with van der Waals surface area (Å²) in [4.78, 5) is 2.35. The van der Waals surface area contributed by atoms with Crippen molar-refractivity contribution in [1.82, 2.24) is 10.2 Å². The highest BCUT2D eigenvalue weighted by molar-refractivity contribution is 9.10. The zero-order chi connectivity index (χ0) is 13.9. The van der Waals surface area contributed by atoms with Crippen molar-refractivity contribution < 1.29 is 4.39 Å². The van der Waals surface area contributed by atoms with Gasteiger partial charge in [0.2, 0.25) is 0 Å². The van der Waals surface area contributed by atoms with Gasteiger partial charge in [0.25, 0.3) is 0 Å². The van der Waals surface area contributed by atoms with Crippen molar-refractivity contribution in [1.29, 1.82) is 0 Å². The van der Waals surface area contributed by atoms with E-state index in [0.29, 0.717) is 10.0 Å². The van der Waals surface area contributed by atoms with Crippen LogP contribution in [0.2, 0.25) is 0 Å². The van der Waals surface area contributed by atoms with Gasteiger partial charge in [0, 0.05) is 18.6 Å². The Kier molecular flexibility index (Phi) is 4.98. The average Bonchev–Trinajstić information content (AvgIpc) is 2.84. The zero-order valence-electron chi connectivity index (χ0n) is 11.7. The van der Waals surface area contributed by atoms with Gasteiger partial charge in [-0.25, -0.2) is 4.39 Å². The molecule has 19 heavy (non-hydrogen) atoms. The van der Waals surface area contributed by atoms with E-state index in [1.165, 1.54) is 31.7 Å². The Bertz CT molecular complexity index is 428. The molecule has 1 fully saturated rings. The van der Waals surface area contributed by atoms with Crippen molar-refractivity contribution in [3.05, 3.63) is 34.1 Å². The predicted octanol–water partition coefficient (Wildman–Crippen LogP) is 3.55. The highest BCUT2D eigenvalue weighted by Gasteiger charge is 2.35. The lowest BCUT2D eigenvalue weighted by Gasteiger charge is -2.36. The molecule has 0 spiro atoms. The number of halogens is 2. The van der Waals surface area contributed by atoms with Crippen LogP contribution in [0.1, 0.15) is 31.2 Å². The van der Waals surface area contributed by atoms with Crippen LogP contribution in [0, 0.1) is 5.82 Å². The number of benzene rings is 1. The van der Waals surface area contributed by atoms with Gasteiger partial charge >= 0.3 is 0 Å². The van der Waals surface area contributed by atoms with Gasteiger partial charge in [0.05, 0.1) is 4.47 Å². The van der Waals surface area contributed by atoms with Gasteiger partial charge in [0.1, 0.15) is 5.82 Å². The predicted molar refractivity (Wildman–Crippen MR) is 80.7 cm³/mol. The fourth-order valence-corrected chi connectivity index (χ4v) is 3.33. The first-order valence-electron chi connectivity index (χ1n) is 6.86. The number of nitrogens with zero attached hydrogens (tertiary/aromatic N) is 1. The van der Waals surface area contributed by atoms with Crippen molar-refractivity contribution in [3.63, 3.8) is 0 Å². The molecule has 0 aromatic heterocycles. The van der Waals surface area contributed by atoms with Gasteiger partial charge in [-0.2, -0.15) is 0 Å². The SMILES string of the molecule is CN(C)C1(CNCc2ccc(F)c(Br)c2)CCCC1. The second-order valence-corrected chi connectivity index (χ2v) is 6.53. The first-order chi connectivity index (χ1) is 9.03. The monoisotopic (exact) mass is 328 g/mol. The molecule has 0 atom stereocenters. The first-order valence-corrected chi connectivity index (χ1v) is 7.65. The smallest absolute Gasteiger partial charge is 0.137 e. The lowest BCUT2D eigenvalue weighted by Crippen LogP contribution is -2.49. The number of rotatable bonds is 5. The molecule has 1 aliphatic carbocycles. The fourth-order valence-electron chi connectivity index (χ4n) is 2.90. The molecule has 106 valence electrons. The minimum atomic E-state index is -0.204. The average molecular weight is 329 g/mol. The molecular weight excluding hydrogens is 307 g/mol. The largest absolute Gasteiger partial charge is 0.311 e. The fraction of sp³-hybridized carbons (Fsp3) is 0.600. The second kappa shape index (κ2) is 6.33. The maximum absolute atomic E-state index is 13.2. The minimum Gasteiger partial charge on any atom is -0.311 e. The molecule has 0 saturated heterocycles. The van der Waals surface area contributed by atoms with E-state index in [9.17, 15) is 4.39 Å². The van der Waals surface area contributed by atoms with Gasteiger partial charge in [-0.05, 0) is 60.6 Å². The summed E-state index contributed by atoms with van der Waals surface area (Å²) in [5, 5.41) is 3.53. The van der Waals surface area contributed by atoms with Crippen LogP contribution >= 0.6 is 15.9 Å². The molecule has 4 heteroatoms. The van der Waals surface area contributed by atoms with Crippen molar-refractivity contribution in [2.24, 2.45) is 0 Å². The molecule has 1 aromatic rings. The molecule has 1 saturated carbocycles. The quantitative estimate of drug-likeness (QED) is 0.889. The first kappa shape index (κ1) is 14.9. The van der Waals surface area contributed by atoms with E-state index < -0.39 is 0 Å². The lowest BCUT2D eigenvalue weighted by atomic mass is 9.96. The normalized spacial score (nSPS) is 18.2. The van der Waals surface area contributed by atoms with Crippen molar-refractivity contribution in [2.75, 3.05) is 20.6 Å². The van der Waals surface area contributed by atoms with E-state index >= 15 is 0 Å². The molecular formula is C15H22BrFN2. The van der Waals surface area contributed by atoms with Gasteiger partial charge in [-0.15, -0.1) is 0 Å². The molecule has 0 bridgehead atoms.